The van der Waals surface area contributed by atoms with Gasteiger partial charge in [-0.1, -0.05) is 12.8 Å². The summed E-state index contributed by atoms with van der Waals surface area (Å²) in [6.45, 7) is 3.06. The molecule has 1 heterocycles. The van der Waals surface area contributed by atoms with Gasteiger partial charge in [-0.3, -0.25) is 4.98 Å². The number of pyridine rings is 1. The van der Waals surface area contributed by atoms with E-state index in [1.165, 1.54) is 43.7 Å². The van der Waals surface area contributed by atoms with E-state index in [9.17, 15) is 4.39 Å². The molecule has 0 aromatic carbocycles. The van der Waals surface area contributed by atoms with Crippen LogP contribution in [0.5, 0.6) is 0 Å². The van der Waals surface area contributed by atoms with Crippen molar-refractivity contribution in [3.8, 4) is 0 Å². The van der Waals surface area contributed by atoms with Gasteiger partial charge in [-0.25, -0.2) is 4.39 Å². The number of nitrogens with zero attached hydrogens (tertiary/aromatic N) is 1. The summed E-state index contributed by atoms with van der Waals surface area (Å²) in [5.41, 5.74) is 0.902. The predicted molar refractivity (Wildman–Crippen MR) is 77.5 cm³/mol. The van der Waals surface area contributed by atoms with E-state index in [1.54, 1.807) is 6.07 Å². The molecule has 18 heavy (non-hydrogen) atoms. The maximum atomic E-state index is 12.7. The van der Waals surface area contributed by atoms with Crippen molar-refractivity contribution in [1.82, 2.24) is 10.3 Å². The molecule has 0 fully saturated rings. The molecule has 0 radical (unpaired) electrons. The number of hydrogen-bond acceptors (Lipinski definition) is 3. The van der Waals surface area contributed by atoms with Crippen molar-refractivity contribution in [3.05, 3.63) is 29.8 Å². The summed E-state index contributed by atoms with van der Waals surface area (Å²) in [6, 6.07) is 3.39. The fraction of sp³-hybridized carbons (Fsp3) is 0.643. The highest BCUT2D eigenvalue weighted by Gasteiger charge is 2.05. The van der Waals surface area contributed by atoms with Crippen LogP contribution in [0.1, 0.15) is 44.3 Å². The lowest BCUT2D eigenvalue weighted by Gasteiger charge is -2.13. The number of hydrogen-bond donors (Lipinski definition) is 1. The van der Waals surface area contributed by atoms with Gasteiger partial charge in [-0.2, -0.15) is 11.8 Å². The Labute approximate surface area is 114 Å². The molecule has 4 heteroatoms. The monoisotopic (exact) mass is 270 g/mol. The lowest BCUT2D eigenvalue weighted by Crippen LogP contribution is -2.20. The van der Waals surface area contributed by atoms with Gasteiger partial charge >= 0.3 is 0 Å². The third-order valence-corrected chi connectivity index (χ3v) is 3.62. The third kappa shape index (κ3) is 6.36. The minimum Gasteiger partial charge on any atom is -0.309 e. The number of aromatic nitrogens is 1. The van der Waals surface area contributed by atoms with Crippen LogP contribution in [-0.2, 0) is 0 Å². The van der Waals surface area contributed by atoms with Gasteiger partial charge in [0.1, 0.15) is 5.82 Å². The largest absolute Gasteiger partial charge is 0.309 e. The zero-order valence-corrected chi connectivity index (χ0v) is 12.1. The molecule has 1 unspecified atom stereocenters. The van der Waals surface area contributed by atoms with Crippen molar-refractivity contribution >= 4 is 11.8 Å². The van der Waals surface area contributed by atoms with Gasteiger partial charge in [0.2, 0.25) is 0 Å². The van der Waals surface area contributed by atoms with E-state index >= 15 is 0 Å². The van der Waals surface area contributed by atoms with Crippen LogP contribution in [0.25, 0.3) is 0 Å². The maximum Gasteiger partial charge on any atom is 0.141 e. The standard InChI is InChI=1S/C14H23FN2S/c1-12(14-8-7-13(15)11-17-14)16-9-5-3-4-6-10-18-2/h7-8,11-12,16H,3-6,9-10H2,1-2H3. The van der Waals surface area contributed by atoms with Crippen LogP contribution in [-0.4, -0.2) is 23.5 Å². The molecule has 0 saturated carbocycles. The van der Waals surface area contributed by atoms with Gasteiger partial charge in [-0.15, -0.1) is 0 Å². The molecule has 1 N–H and O–H groups in total. The summed E-state index contributed by atoms with van der Waals surface area (Å²) >= 11 is 1.91. The van der Waals surface area contributed by atoms with E-state index in [0.29, 0.717) is 0 Å². The molecule has 1 rings (SSSR count). The average Bonchev–Trinajstić information content (AvgIpc) is 2.38. The van der Waals surface area contributed by atoms with Crippen LogP contribution >= 0.6 is 11.8 Å². The lowest BCUT2D eigenvalue weighted by atomic mass is 10.2. The van der Waals surface area contributed by atoms with Gasteiger partial charge in [0, 0.05) is 6.04 Å². The molecule has 0 aliphatic rings. The topological polar surface area (TPSA) is 24.9 Å². The van der Waals surface area contributed by atoms with Crippen LogP contribution in [0.2, 0.25) is 0 Å². The third-order valence-electron chi connectivity index (χ3n) is 2.92. The predicted octanol–water partition coefficient (Wildman–Crippen LogP) is 3.79. The molecule has 102 valence electrons. The molecule has 0 saturated heterocycles. The summed E-state index contributed by atoms with van der Waals surface area (Å²) in [5.74, 6) is 0.989. The maximum absolute atomic E-state index is 12.7. The second-order valence-corrected chi connectivity index (χ2v) is 5.47. The van der Waals surface area contributed by atoms with Gasteiger partial charge in [-0.05, 0) is 50.5 Å². The molecule has 0 aliphatic carbocycles. The molecular formula is C14H23FN2S. The first-order valence-corrected chi connectivity index (χ1v) is 7.97. The zero-order valence-electron chi connectivity index (χ0n) is 11.3. The van der Waals surface area contributed by atoms with Crippen LogP contribution in [0.4, 0.5) is 4.39 Å². The molecule has 0 amide bonds. The Morgan fingerprint density at radius 1 is 1.28 bits per heavy atom. The van der Waals surface area contributed by atoms with Gasteiger partial charge < -0.3 is 5.32 Å². The summed E-state index contributed by atoms with van der Waals surface area (Å²) in [7, 11) is 0. The summed E-state index contributed by atoms with van der Waals surface area (Å²) in [5, 5.41) is 3.42. The van der Waals surface area contributed by atoms with E-state index in [0.717, 1.165) is 12.2 Å². The molecule has 0 bridgehead atoms. The van der Waals surface area contributed by atoms with Crippen molar-refractivity contribution in [2.24, 2.45) is 0 Å². The molecule has 0 aliphatic heterocycles. The summed E-state index contributed by atoms with van der Waals surface area (Å²) in [6.07, 6.45) is 8.52. The number of rotatable bonds is 9. The Kier molecular flexibility index (Phi) is 8.01. The Hall–Kier alpha value is -0.610. The Morgan fingerprint density at radius 3 is 2.72 bits per heavy atom. The van der Waals surface area contributed by atoms with E-state index < -0.39 is 0 Å². The van der Waals surface area contributed by atoms with Crippen molar-refractivity contribution in [2.75, 3.05) is 18.6 Å². The number of halogens is 1. The molecular weight excluding hydrogens is 247 g/mol. The molecule has 0 spiro atoms. The van der Waals surface area contributed by atoms with E-state index in [4.69, 9.17) is 0 Å². The minimum absolute atomic E-state index is 0.191. The highest BCUT2D eigenvalue weighted by Crippen LogP contribution is 2.10. The highest BCUT2D eigenvalue weighted by atomic mass is 32.2. The SMILES string of the molecule is CSCCCCCCNC(C)c1ccc(F)cn1. The normalized spacial score (nSPS) is 12.6. The van der Waals surface area contributed by atoms with E-state index in [2.05, 4.69) is 23.5 Å². The quantitative estimate of drug-likeness (QED) is 0.691. The summed E-state index contributed by atoms with van der Waals surface area (Å²) in [4.78, 5) is 4.08. The van der Waals surface area contributed by atoms with Gasteiger partial charge in [0.05, 0.1) is 11.9 Å². The van der Waals surface area contributed by atoms with Crippen molar-refractivity contribution in [1.29, 1.82) is 0 Å². The van der Waals surface area contributed by atoms with E-state index in [-0.39, 0.29) is 11.9 Å². The molecule has 1 atom stereocenters. The van der Waals surface area contributed by atoms with Crippen LogP contribution in [0, 0.1) is 5.82 Å². The molecule has 1 aromatic rings. The Balaban J connectivity index is 2.10. The second-order valence-electron chi connectivity index (χ2n) is 4.48. The van der Waals surface area contributed by atoms with Gasteiger partial charge in [0.15, 0.2) is 0 Å². The van der Waals surface area contributed by atoms with Crippen molar-refractivity contribution in [2.45, 2.75) is 38.6 Å². The first kappa shape index (κ1) is 15.4. The van der Waals surface area contributed by atoms with Crippen LogP contribution < -0.4 is 5.32 Å². The first-order chi connectivity index (χ1) is 8.74. The van der Waals surface area contributed by atoms with E-state index in [1.807, 2.05) is 11.8 Å². The van der Waals surface area contributed by atoms with Crippen molar-refractivity contribution < 1.29 is 4.39 Å². The first-order valence-electron chi connectivity index (χ1n) is 6.58. The fourth-order valence-corrected chi connectivity index (χ4v) is 2.28. The Bertz CT molecular complexity index is 316. The van der Waals surface area contributed by atoms with Crippen LogP contribution in [0.15, 0.2) is 18.3 Å². The molecule has 2 nitrogen and oxygen atoms in total. The number of unbranched alkanes of at least 4 members (excludes halogenated alkanes) is 3. The average molecular weight is 270 g/mol. The van der Waals surface area contributed by atoms with Gasteiger partial charge in [0.25, 0.3) is 0 Å². The lowest BCUT2D eigenvalue weighted by molar-refractivity contribution is 0.525. The number of thioether (sulfide) groups is 1. The van der Waals surface area contributed by atoms with Crippen molar-refractivity contribution in [3.63, 3.8) is 0 Å². The zero-order chi connectivity index (χ0) is 13.2. The minimum atomic E-state index is -0.278. The summed E-state index contributed by atoms with van der Waals surface area (Å²) < 4.78 is 12.7. The Morgan fingerprint density at radius 2 is 2.06 bits per heavy atom. The second kappa shape index (κ2) is 9.34. The fourth-order valence-electron chi connectivity index (χ4n) is 1.79. The highest BCUT2D eigenvalue weighted by molar-refractivity contribution is 7.98. The van der Waals surface area contributed by atoms with Crippen LogP contribution in [0.3, 0.4) is 0 Å². The molecule has 1 aromatic heterocycles. The smallest absolute Gasteiger partial charge is 0.141 e. The number of nitrogens with one attached hydrogen (secondary N) is 1.